The monoisotopic (exact) mass is 417 g/mol. The molecule has 2 atom stereocenters. The van der Waals surface area contributed by atoms with Crippen molar-refractivity contribution >= 4 is 22.0 Å². The molecule has 0 heterocycles. The van der Waals surface area contributed by atoms with Crippen LogP contribution >= 0.6 is 15.9 Å². The number of nitrogens with one attached hydrogen (secondary N) is 1. The van der Waals surface area contributed by atoms with Crippen LogP contribution in [0.3, 0.4) is 0 Å². The highest BCUT2D eigenvalue weighted by Crippen LogP contribution is 2.41. The number of rotatable bonds is 5. The van der Waals surface area contributed by atoms with Gasteiger partial charge in [-0.25, -0.2) is 4.79 Å². The molecular formula is C21H24BrNO3. The Morgan fingerprint density at radius 3 is 2.58 bits per heavy atom. The highest BCUT2D eigenvalue weighted by atomic mass is 79.9. The van der Waals surface area contributed by atoms with E-state index in [2.05, 4.69) is 33.4 Å². The molecule has 2 aromatic carbocycles. The van der Waals surface area contributed by atoms with Gasteiger partial charge in [-0.1, -0.05) is 40.2 Å². The average molecular weight is 418 g/mol. The molecule has 1 N–H and O–H groups in total. The van der Waals surface area contributed by atoms with Crippen LogP contribution in [0.25, 0.3) is 0 Å². The van der Waals surface area contributed by atoms with Gasteiger partial charge < -0.3 is 14.8 Å². The van der Waals surface area contributed by atoms with Crippen LogP contribution in [0.4, 0.5) is 4.79 Å². The fourth-order valence-electron chi connectivity index (χ4n) is 2.79. The maximum Gasteiger partial charge on any atom is 0.407 e. The molecule has 4 nitrogen and oxygen atoms in total. The smallest absolute Gasteiger partial charge is 0.407 e. The van der Waals surface area contributed by atoms with Gasteiger partial charge in [-0.05, 0) is 62.6 Å². The minimum Gasteiger partial charge on any atom is -0.489 e. The molecular weight excluding hydrogens is 394 g/mol. The maximum absolute atomic E-state index is 11.8. The van der Waals surface area contributed by atoms with Gasteiger partial charge in [-0.15, -0.1) is 0 Å². The molecule has 0 aromatic heterocycles. The van der Waals surface area contributed by atoms with E-state index in [9.17, 15) is 4.79 Å². The summed E-state index contributed by atoms with van der Waals surface area (Å²) in [7, 11) is 0. The zero-order valence-corrected chi connectivity index (χ0v) is 16.9. The molecule has 0 radical (unpaired) electrons. The Bertz CT molecular complexity index is 768. The van der Waals surface area contributed by atoms with Crippen LogP contribution in [0.5, 0.6) is 5.75 Å². The molecule has 2 aromatic rings. The van der Waals surface area contributed by atoms with Crippen molar-refractivity contribution in [3.8, 4) is 5.75 Å². The molecule has 0 bridgehead atoms. The molecule has 1 amide bonds. The Morgan fingerprint density at radius 2 is 1.92 bits per heavy atom. The van der Waals surface area contributed by atoms with Gasteiger partial charge in [-0.2, -0.15) is 0 Å². The molecule has 0 spiro atoms. The first-order valence-electron chi connectivity index (χ1n) is 8.77. The van der Waals surface area contributed by atoms with Crippen LogP contribution in [-0.4, -0.2) is 17.7 Å². The summed E-state index contributed by atoms with van der Waals surface area (Å²) in [6.07, 6.45) is 0.594. The lowest BCUT2D eigenvalue weighted by atomic mass is 10.1. The van der Waals surface area contributed by atoms with Crippen LogP contribution in [-0.2, 0) is 11.3 Å². The van der Waals surface area contributed by atoms with Crippen molar-refractivity contribution in [1.29, 1.82) is 0 Å². The zero-order valence-electron chi connectivity index (χ0n) is 15.3. The Kier molecular flexibility index (Phi) is 5.56. The van der Waals surface area contributed by atoms with Crippen LogP contribution < -0.4 is 10.1 Å². The topological polar surface area (TPSA) is 47.6 Å². The average Bonchev–Trinajstić information content (AvgIpc) is 3.30. The van der Waals surface area contributed by atoms with Crippen LogP contribution in [0.1, 0.15) is 44.2 Å². The molecule has 1 aliphatic rings. The number of halogens is 1. The molecule has 5 heteroatoms. The van der Waals surface area contributed by atoms with Crippen molar-refractivity contribution in [2.24, 2.45) is 0 Å². The first-order valence-corrected chi connectivity index (χ1v) is 9.56. The fourth-order valence-corrected chi connectivity index (χ4v) is 3.23. The second-order valence-electron chi connectivity index (χ2n) is 7.58. The van der Waals surface area contributed by atoms with Crippen LogP contribution in [0, 0.1) is 0 Å². The summed E-state index contributed by atoms with van der Waals surface area (Å²) in [5.74, 6) is 1.19. The number of carbonyl (C=O) groups is 1. The molecule has 0 saturated heterocycles. The van der Waals surface area contributed by atoms with E-state index in [-0.39, 0.29) is 12.1 Å². The van der Waals surface area contributed by atoms with Gasteiger partial charge in [0.2, 0.25) is 0 Å². The lowest BCUT2D eigenvalue weighted by Crippen LogP contribution is -2.34. The summed E-state index contributed by atoms with van der Waals surface area (Å²) in [4.78, 5) is 11.8. The molecule has 1 aliphatic carbocycles. The summed E-state index contributed by atoms with van der Waals surface area (Å²) >= 11 is 3.46. The van der Waals surface area contributed by atoms with E-state index in [0.29, 0.717) is 12.5 Å². The molecule has 1 fully saturated rings. The number of carbonyl (C=O) groups excluding carboxylic acids is 1. The van der Waals surface area contributed by atoms with Crippen molar-refractivity contribution in [2.45, 2.75) is 51.4 Å². The standard InChI is InChI=1S/C21H24BrNO3/c1-21(2,3)26-20(24)23-19-12-18(19)15-7-9-17(10-8-15)25-13-14-5-4-6-16(22)11-14/h4-11,18-19H,12-13H2,1-3H3,(H,23,24)/t18-,19+/m0/s1. The van der Waals surface area contributed by atoms with Crippen molar-refractivity contribution in [2.75, 3.05) is 0 Å². The number of benzene rings is 2. The van der Waals surface area contributed by atoms with Gasteiger partial charge in [0.15, 0.2) is 0 Å². The molecule has 1 saturated carbocycles. The maximum atomic E-state index is 11.8. The van der Waals surface area contributed by atoms with Gasteiger partial charge in [0.1, 0.15) is 18.0 Å². The summed E-state index contributed by atoms with van der Waals surface area (Å²) < 4.78 is 12.2. The largest absolute Gasteiger partial charge is 0.489 e. The van der Waals surface area contributed by atoms with Crippen molar-refractivity contribution < 1.29 is 14.3 Å². The number of hydrogen-bond acceptors (Lipinski definition) is 3. The summed E-state index contributed by atoms with van der Waals surface area (Å²) in [5.41, 5.74) is 1.86. The van der Waals surface area contributed by atoms with Gasteiger partial charge in [0.25, 0.3) is 0 Å². The first kappa shape index (κ1) is 18.8. The van der Waals surface area contributed by atoms with Crippen LogP contribution in [0.15, 0.2) is 53.0 Å². The van der Waals surface area contributed by atoms with Crippen molar-refractivity contribution in [3.63, 3.8) is 0 Å². The molecule has 3 rings (SSSR count). The Hall–Kier alpha value is -2.01. The minimum atomic E-state index is -0.470. The van der Waals surface area contributed by atoms with Crippen molar-refractivity contribution in [1.82, 2.24) is 5.32 Å². The van der Waals surface area contributed by atoms with Gasteiger partial charge >= 0.3 is 6.09 Å². The van der Waals surface area contributed by atoms with E-state index < -0.39 is 5.60 Å². The van der Waals surface area contributed by atoms with Gasteiger partial charge in [0, 0.05) is 16.4 Å². The Morgan fingerprint density at radius 1 is 1.19 bits per heavy atom. The summed E-state index contributed by atoms with van der Waals surface area (Å²) in [6, 6.07) is 16.3. The molecule has 138 valence electrons. The third kappa shape index (κ3) is 5.49. The number of amides is 1. The normalized spacial score (nSPS) is 18.9. The number of ether oxygens (including phenoxy) is 2. The molecule has 0 unspecified atom stereocenters. The van der Waals surface area contributed by atoms with Crippen LogP contribution in [0.2, 0.25) is 0 Å². The number of hydrogen-bond donors (Lipinski definition) is 1. The predicted molar refractivity (Wildman–Crippen MR) is 105 cm³/mol. The molecule has 26 heavy (non-hydrogen) atoms. The summed E-state index contributed by atoms with van der Waals surface area (Å²) in [6.45, 7) is 6.13. The third-order valence-corrected chi connectivity index (χ3v) is 4.59. The minimum absolute atomic E-state index is 0.151. The quantitative estimate of drug-likeness (QED) is 0.707. The van der Waals surface area contributed by atoms with Gasteiger partial charge in [0.05, 0.1) is 0 Å². The zero-order chi connectivity index (χ0) is 18.7. The van der Waals surface area contributed by atoms with E-state index in [4.69, 9.17) is 9.47 Å². The van der Waals surface area contributed by atoms with E-state index in [1.54, 1.807) is 0 Å². The number of alkyl carbamates (subject to hydrolysis) is 1. The second kappa shape index (κ2) is 7.70. The van der Waals surface area contributed by atoms with Crippen molar-refractivity contribution in [3.05, 3.63) is 64.1 Å². The Labute approximate surface area is 163 Å². The van der Waals surface area contributed by atoms with E-state index >= 15 is 0 Å². The SMILES string of the molecule is CC(C)(C)OC(=O)N[C@@H]1C[C@H]1c1ccc(OCc2cccc(Br)c2)cc1. The highest BCUT2D eigenvalue weighted by molar-refractivity contribution is 9.10. The third-order valence-electron chi connectivity index (χ3n) is 4.10. The highest BCUT2D eigenvalue weighted by Gasteiger charge is 2.40. The van der Waals surface area contributed by atoms with E-state index in [0.717, 1.165) is 22.2 Å². The summed E-state index contributed by atoms with van der Waals surface area (Å²) in [5, 5.41) is 2.93. The Balaban J connectivity index is 1.49. The lowest BCUT2D eigenvalue weighted by molar-refractivity contribution is 0.0523. The first-order chi connectivity index (χ1) is 12.3. The second-order valence-corrected chi connectivity index (χ2v) is 8.50. The predicted octanol–water partition coefficient (Wildman–Crippen LogP) is 5.41. The van der Waals surface area contributed by atoms with E-state index in [1.807, 2.05) is 57.2 Å². The van der Waals surface area contributed by atoms with E-state index in [1.165, 1.54) is 5.56 Å². The van der Waals surface area contributed by atoms with Gasteiger partial charge in [-0.3, -0.25) is 0 Å². The fraction of sp³-hybridized carbons (Fsp3) is 0.381. The molecule has 0 aliphatic heterocycles. The lowest BCUT2D eigenvalue weighted by Gasteiger charge is -2.19.